The first kappa shape index (κ1) is 24.5. The predicted octanol–water partition coefficient (Wildman–Crippen LogP) is 5.21. The van der Waals surface area contributed by atoms with E-state index in [4.69, 9.17) is 9.47 Å². The molecule has 0 saturated carbocycles. The molecule has 1 amide bonds. The van der Waals surface area contributed by atoms with Crippen LogP contribution in [0.5, 0.6) is 5.75 Å². The van der Waals surface area contributed by atoms with Gasteiger partial charge in [-0.2, -0.15) is 0 Å². The summed E-state index contributed by atoms with van der Waals surface area (Å²) in [6.07, 6.45) is -0.587. The molecule has 3 rings (SSSR count). The second-order valence-corrected chi connectivity index (χ2v) is 6.72. The third-order valence-corrected chi connectivity index (χ3v) is 4.41. The molecule has 168 valence electrons. The fourth-order valence-corrected chi connectivity index (χ4v) is 2.80. The highest BCUT2D eigenvalue weighted by Gasteiger charge is 2.21. The maximum absolute atomic E-state index is 12.0. The van der Waals surface area contributed by atoms with E-state index >= 15 is 0 Å². The Bertz CT molecular complexity index is 943. The Morgan fingerprint density at radius 3 is 1.88 bits per heavy atom. The lowest BCUT2D eigenvalue weighted by atomic mass is 10.1. The zero-order valence-corrected chi connectivity index (χ0v) is 18.4. The van der Waals surface area contributed by atoms with E-state index in [2.05, 4.69) is 5.32 Å². The molecule has 0 heterocycles. The van der Waals surface area contributed by atoms with E-state index in [0.717, 1.165) is 22.4 Å². The summed E-state index contributed by atoms with van der Waals surface area (Å²) in [5.74, 6) is -0.316. The Hall–Kier alpha value is -3.80. The molecule has 3 aromatic carbocycles. The quantitative estimate of drug-likeness (QED) is 0.482. The smallest absolute Gasteiger partial charge is 0.408 e. The first-order chi connectivity index (χ1) is 15.6. The predicted molar refractivity (Wildman–Crippen MR) is 123 cm³/mol. The number of nitrogens with one attached hydrogen (secondary N) is 1. The van der Waals surface area contributed by atoms with Gasteiger partial charge in [-0.05, 0) is 28.8 Å². The summed E-state index contributed by atoms with van der Waals surface area (Å²) in [4.78, 5) is 23.5. The van der Waals surface area contributed by atoms with Gasteiger partial charge in [0.1, 0.15) is 25.0 Å². The molecule has 1 unspecified atom stereocenters. The number of carbonyl (C=O) groups is 2. The molecule has 0 saturated heterocycles. The van der Waals surface area contributed by atoms with Crippen molar-refractivity contribution in [2.45, 2.75) is 39.5 Å². The van der Waals surface area contributed by atoms with E-state index in [9.17, 15) is 14.7 Å². The summed E-state index contributed by atoms with van der Waals surface area (Å²) >= 11 is 0. The molecule has 0 bridgehead atoms. The number of amides is 1. The number of benzene rings is 3. The van der Waals surface area contributed by atoms with Gasteiger partial charge in [0.25, 0.3) is 0 Å². The third kappa shape index (κ3) is 8.52. The fraction of sp³-hybridized carbons (Fsp3) is 0.231. The normalized spacial score (nSPS) is 10.8. The molecule has 6 heteroatoms. The van der Waals surface area contributed by atoms with Crippen LogP contribution in [0.2, 0.25) is 0 Å². The van der Waals surface area contributed by atoms with E-state index in [-0.39, 0.29) is 13.0 Å². The molecule has 0 aromatic heterocycles. The van der Waals surface area contributed by atoms with Gasteiger partial charge in [0.2, 0.25) is 0 Å². The molecule has 0 aliphatic rings. The first-order valence-electron chi connectivity index (χ1n) is 10.6. The van der Waals surface area contributed by atoms with Crippen molar-refractivity contribution in [2.24, 2.45) is 0 Å². The monoisotopic (exact) mass is 435 g/mol. The molecule has 0 aliphatic carbocycles. The van der Waals surface area contributed by atoms with Gasteiger partial charge in [-0.1, -0.05) is 86.6 Å². The van der Waals surface area contributed by atoms with Gasteiger partial charge in [0, 0.05) is 6.42 Å². The first-order valence-corrected chi connectivity index (χ1v) is 10.6. The second kappa shape index (κ2) is 13.5. The summed E-state index contributed by atoms with van der Waals surface area (Å²) < 4.78 is 10.9. The summed E-state index contributed by atoms with van der Waals surface area (Å²) in [6.45, 7) is 4.48. The molecule has 32 heavy (non-hydrogen) atoms. The molecule has 2 N–H and O–H groups in total. The van der Waals surface area contributed by atoms with Crippen molar-refractivity contribution in [3.8, 4) is 5.75 Å². The van der Waals surface area contributed by atoms with Gasteiger partial charge in [-0.25, -0.2) is 9.59 Å². The molecule has 0 radical (unpaired) electrons. The highest BCUT2D eigenvalue weighted by molar-refractivity contribution is 5.80. The van der Waals surface area contributed by atoms with Gasteiger partial charge in [-0.15, -0.1) is 0 Å². The maximum atomic E-state index is 12.0. The molecule has 0 aliphatic heterocycles. The lowest BCUT2D eigenvalue weighted by Gasteiger charge is -2.15. The molecule has 0 spiro atoms. The SMILES string of the molecule is CC.O=C(NC(Cc1ccccc1)C(=O)O)OCc1ccc(COc2ccccc2)cc1. The van der Waals surface area contributed by atoms with Crippen LogP contribution in [0.1, 0.15) is 30.5 Å². The second-order valence-electron chi connectivity index (χ2n) is 6.72. The zero-order valence-electron chi connectivity index (χ0n) is 18.4. The number of carbonyl (C=O) groups excluding carboxylic acids is 1. The fourth-order valence-electron chi connectivity index (χ4n) is 2.80. The number of hydrogen-bond acceptors (Lipinski definition) is 4. The van der Waals surface area contributed by atoms with Crippen molar-refractivity contribution in [3.05, 3.63) is 102 Å². The molecular weight excluding hydrogens is 406 g/mol. The van der Waals surface area contributed by atoms with Crippen molar-refractivity contribution < 1.29 is 24.2 Å². The lowest BCUT2D eigenvalue weighted by molar-refractivity contribution is -0.139. The number of para-hydroxylation sites is 1. The largest absolute Gasteiger partial charge is 0.489 e. The number of alkyl carbamates (subject to hydrolysis) is 1. The van der Waals surface area contributed by atoms with Gasteiger partial charge in [0.15, 0.2) is 0 Å². The van der Waals surface area contributed by atoms with E-state index < -0.39 is 18.1 Å². The van der Waals surface area contributed by atoms with Crippen molar-refractivity contribution in [1.82, 2.24) is 5.32 Å². The Labute approximate surface area is 188 Å². The molecular formula is C26H29NO5. The standard InChI is InChI=1S/C24H23NO5.C2H6/c26-23(27)22(15-18-7-3-1-4-8-18)25-24(28)30-17-20-13-11-19(12-14-20)16-29-21-9-5-2-6-10-21;1-2/h1-14,22H,15-17H2,(H,25,28)(H,26,27);1-2H3. The number of carboxylic acid groups (broad SMARTS) is 1. The van der Waals surface area contributed by atoms with E-state index in [0.29, 0.717) is 6.61 Å². The summed E-state index contributed by atoms with van der Waals surface area (Å²) in [5.41, 5.74) is 2.60. The number of carboxylic acids is 1. The van der Waals surface area contributed by atoms with Gasteiger partial charge < -0.3 is 19.9 Å². The third-order valence-electron chi connectivity index (χ3n) is 4.41. The minimum atomic E-state index is -1.11. The van der Waals surface area contributed by atoms with Crippen LogP contribution < -0.4 is 10.1 Å². The van der Waals surface area contributed by atoms with Crippen molar-refractivity contribution >= 4 is 12.1 Å². The van der Waals surface area contributed by atoms with Crippen molar-refractivity contribution in [3.63, 3.8) is 0 Å². The van der Waals surface area contributed by atoms with Crippen LogP contribution in [0.15, 0.2) is 84.9 Å². The van der Waals surface area contributed by atoms with E-state index in [1.54, 1.807) is 0 Å². The topological polar surface area (TPSA) is 84.9 Å². The van der Waals surface area contributed by atoms with Crippen LogP contribution in [-0.2, 0) is 29.2 Å². The average molecular weight is 436 g/mol. The Kier molecular flexibility index (Phi) is 10.3. The number of ether oxygens (including phenoxy) is 2. The molecule has 6 nitrogen and oxygen atoms in total. The maximum Gasteiger partial charge on any atom is 0.408 e. The van der Waals surface area contributed by atoms with Crippen LogP contribution in [0, 0.1) is 0 Å². The van der Waals surface area contributed by atoms with Crippen LogP contribution in [0.4, 0.5) is 4.79 Å². The Balaban J connectivity index is 0.00000176. The summed E-state index contributed by atoms with van der Waals surface area (Å²) in [7, 11) is 0. The highest BCUT2D eigenvalue weighted by atomic mass is 16.5. The number of rotatable bonds is 9. The zero-order chi connectivity index (χ0) is 23.2. The van der Waals surface area contributed by atoms with Crippen LogP contribution in [0.25, 0.3) is 0 Å². The van der Waals surface area contributed by atoms with Crippen molar-refractivity contribution in [1.29, 1.82) is 0 Å². The van der Waals surface area contributed by atoms with Crippen LogP contribution in [-0.4, -0.2) is 23.2 Å². The Morgan fingerprint density at radius 2 is 1.31 bits per heavy atom. The van der Waals surface area contributed by atoms with Gasteiger partial charge >= 0.3 is 12.1 Å². The molecule has 0 fully saturated rings. The van der Waals surface area contributed by atoms with Gasteiger partial charge in [-0.3, -0.25) is 0 Å². The van der Waals surface area contributed by atoms with Crippen molar-refractivity contribution in [2.75, 3.05) is 0 Å². The molecule has 1 atom stereocenters. The van der Waals surface area contributed by atoms with E-state index in [1.807, 2.05) is 98.8 Å². The average Bonchev–Trinajstić information content (AvgIpc) is 2.84. The summed E-state index contributed by atoms with van der Waals surface area (Å²) in [6, 6.07) is 25.1. The molecule has 3 aromatic rings. The number of hydrogen-bond donors (Lipinski definition) is 2. The number of aliphatic carboxylic acids is 1. The van der Waals surface area contributed by atoms with E-state index in [1.165, 1.54) is 0 Å². The minimum Gasteiger partial charge on any atom is -0.489 e. The Morgan fingerprint density at radius 1 is 0.781 bits per heavy atom. The van der Waals surface area contributed by atoms with Crippen LogP contribution in [0.3, 0.4) is 0 Å². The lowest BCUT2D eigenvalue weighted by Crippen LogP contribution is -2.42. The minimum absolute atomic E-state index is 0.0450. The van der Waals surface area contributed by atoms with Crippen LogP contribution >= 0.6 is 0 Å². The highest BCUT2D eigenvalue weighted by Crippen LogP contribution is 2.13. The van der Waals surface area contributed by atoms with Gasteiger partial charge in [0.05, 0.1) is 0 Å². The summed E-state index contributed by atoms with van der Waals surface area (Å²) in [5, 5.41) is 11.8.